The molecule has 2 aromatic carbocycles. The van der Waals surface area contributed by atoms with E-state index in [2.05, 4.69) is 92.9 Å². The number of nitrogens with one attached hydrogen (secondary N) is 1. The first-order chi connectivity index (χ1) is 13.2. The quantitative estimate of drug-likeness (QED) is 0.324. The van der Waals surface area contributed by atoms with E-state index in [0.29, 0.717) is 0 Å². The Bertz CT molecular complexity index is 1090. The minimum Gasteiger partial charge on any atom is -0.340 e. The Kier molecular flexibility index (Phi) is 5.48. The van der Waals surface area contributed by atoms with Crippen molar-refractivity contribution in [2.75, 3.05) is 11.6 Å². The summed E-state index contributed by atoms with van der Waals surface area (Å²) in [4.78, 5) is 12.7. The minimum atomic E-state index is 0.854. The van der Waals surface area contributed by atoms with Gasteiger partial charge in [0.1, 0.15) is 17.0 Å². The summed E-state index contributed by atoms with van der Waals surface area (Å²) in [5, 5.41) is 4.61. The topological polar surface area (TPSA) is 37.8 Å². The van der Waals surface area contributed by atoms with Gasteiger partial charge < -0.3 is 5.32 Å². The standard InChI is InChI=1S/C21H18BrN3S2/c1-3-17-18(13-7-9-14(22)10-8-13)19-20(23-12-24-21(19)27-17)25-15-5-4-6-16(11-15)26-2/h4-12H,3H2,1-2H3,(H,23,24,25). The van der Waals surface area contributed by atoms with Crippen LogP contribution in [0.4, 0.5) is 11.5 Å². The van der Waals surface area contributed by atoms with E-state index in [0.717, 1.165) is 32.6 Å². The first-order valence-corrected chi connectivity index (χ1v) is 11.5. The van der Waals surface area contributed by atoms with Crippen LogP contribution in [0.1, 0.15) is 11.8 Å². The molecule has 0 spiro atoms. The van der Waals surface area contributed by atoms with Crippen molar-refractivity contribution in [3.05, 3.63) is 64.2 Å². The summed E-state index contributed by atoms with van der Waals surface area (Å²) >= 11 is 7.01. The molecule has 0 aliphatic heterocycles. The lowest BCUT2D eigenvalue weighted by Crippen LogP contribution is -1.96. The zero-order valence-corrected chi connectivity index (χ0v) is 18.2. The van der Waals surface area contributed by atoms with E-state index in [4.69, 9.17) is 0 Å². The van der Waals surface area contributed by atoms with Crippen molar-refractivity contribution in [1.82, 2.24) is 9.97 Å². The zero-order valence-electron chi connectivity index (χ0n) is 15.0. The number of aromatic nitrogens is 2. The van der Waals surface area contributed by atoms with Crippen LogP contribution in [0.15, 0.2) is 64.2 Å². The Balaban J connectivity index is 1.88. The molecule has 27 heavy (non-hydrogen) atoms. The van der Waals surface area contributed by atoms with Gasteiger partial charge in [-0.2, -0.15) is 0 Å². The van der Waals surface area contributed by atoms with Gasteiger partial charge >= 0.3 is 0 Å². The number of hydrogen-bond acceptors (Lipinski definition) is 5. The minimum absolute atomic E-state index is 0.854. The second kappa shape index (κ2) is 8.00. The number of anilines is 2. The summed E-state index contributed by atoms with van der Waals surface area (Å²) in [6.07, 6.45) is 4.69. The molecule has 0 aliphatic rings. The average molecular weight is 456 g/mol. The molecule has 0 radical (unpaired) electrons. The average Bonchev–Trinajstić information content (AvgIpc) is 3.08. The fourth-order valence-corrected chi connectivity index (χ4v) is 4.91. The molecule has 0 atom stereocenters. The molecule has 0 amide bonds. The second-order valence-electron chi connectivity index (χ2n) is 6.02. The van der Waals surface area contributed by atoms with E-state index >= 15 is 0 Å². The third kappa shape index (κ3) is 3.74. The van der Waals surface area contributed by atoms with E-state index in [-0.39, 0.29) is 0 Å². The molecule has 4 aromatic rings. The summed E-state index contributed by atoms with van der Waals surface area (Å²) in [6, 6.07) is 16.8. The number of thioether (sulfide) groups is 1. The van der Waals surface area contributed by atoms with Crippen molar-refractivity contribution in [2.24, 2.45) is 0 Å². The first-order valence-electron chi connectivity index (χ1n) is 8.63. The molecule has 0 saturated heterocycles. The van der Waals surface area contributed by atoms with Gasteiger partial charge in [0.2, 0.25) is 0 Å². The van der Waals surface area contributed by atoms with Crippen LogP contribution in [0.5, 0.6) is 0 Å². The Morgan fingerprint density at radius 2 is 1.93 bits per heavy atom. The van der Waals surface area contributed by atoms with Gasteiger partial charge in [-0.1, -0.05) is 41.1 Å². The number of benzene rings is 2. The molecule has 0 unspecified atom stereocenters. The number of rotatable bonds is 5. The number of fused-ring (bicyclic) bond motifs is 1. The number of nitrogens with zero attached hydrogens (tertiary/aromatic N) is 2. The van der Waals surface area contributed by atoms with Gasteiger partial charge in [0.05, 0.1) is 5.39 Å². The van der Waals surface area contributed by atoms with E-state index < -0.39 is 0 Å². The summed E-state index contributed by atoms with van der Waals surface area (Å²) in [5.41, 5.74) is 3.46. The maximum atomic E-state index is 4.58. The van der Waals surface area contributed by atoms with Crippen LogP contribution in [0.25, 0.3) is 21.3 Å². The predicted octanol–water partition coefficient (Wildman–Crippen LogP) is 7.15. The fraction of sp³-hybridized carbons (Fsp3) is 0.143. The molecule has 1 N–H and O–H groups in total. The first kappa shape index (κ1) is 18.5. The van der Waals surface area contributed by atoms with Gasteiger partial charge in [0, 0.05) is 25.5 Å². The predicted molar refractivity (Wildman–Crippen MR) is 121 cm³/mol. The van der Waals surface area contributed by atoms with Crippen LogP contribution in [0.2, 0.25) is 0 Å². The third-order valence-electron chi connectivity index (χ3n) is 4.35. The molecule has 4 rings (SSSR count). The van der Waals surface area contributed by atoms with Crippen molar-refractivity contribution in [1.29, 1.82) is 0 Å². The SMILES string of the molecule is CCc1sc2ncnc(Nc3cccc(SC)c3)c2c1-c1ccc(Br)cc1. The van der Waals surface area contributed by atoms with Crippen LogP contribution in [0, 0.1) is 0 Å². The van der Waals surface area contributed by atoms with Gasteiger partial charge in [0.15, 0.2) is 0 Å². The van der Waals surface area contributed by atoms with Crippen LogP contribution in [0.3, 0.4) is 0 Å². The molecule has 0 bridgehead atoms. The van der Waals surface area contributed by atoms with Gasteiger partial charge in [-0.3, -0.25) is 0 Å². The Hall–Kier alpha value is -1.89. The van der Waals surface area contributed by atoms with Gasteiger partial charge in [-0.15, -0.1) is 23.1 Å². The maximum Gasteiger partial charge on any atom is 0.143 e. The van der Waals surface area contributed by atoms with Crippen molar-refractivity contribution in [2.45, 2.75) is 18.2 Å². The molecule has 0 fully saturated rings. The highest BCUT2D eigenvalue weighted by atomic mass is 79.9. The lowest BCUT2D eigenvalue weighted by molar-refractivity contribution is 1.19. The van der Waals surface area contributed by atoms with Crippen LogP contribution in [-0.2, 0) is 6.42 Å². The Morgan fingerprint density at radius 1 is 1.11 bits per heavy atom. The van der Waals surface area contributed by atoms with E-state index in [1.165, 1.54) is 20.9 Å². The maximum absolute atomic E-state index is 4.58. The largest absolute Gasteiger partial charge is 0.340 e. The normalized spacial score (nSPS) is 11.1. The highest BCUT2D eigenvalue weighted by Crippen LogP contribution is 2.42. The highest BCUT2D eigenvalue weighted by molar-refractivity contribution is 9.10. The summed E-state index contributed by atoms with van der Waals surface area (Å²) in [6.45, 7) is 2.19. The summed E-state index contributed by atoms with van der Waals surface area (Å²) in [7, 11) is 0. The van der Waals surface area contributed by atoms with E-state index in [1.807, 2.05) is 0 Å². The van der Waals surface area contributed by atoms with Crippen molar-refractivity contribution in [3.63, 3.8) is 0 Å². The number of aryl methyl sites for hydroxylation is 1. The van der Waals surface area contributed by atoms with E-state index in [1.54, 1.807) is 29.4 Å². The van der Waals surface area contributed by atoms with Crippen molar-refractivity contribution in [3.8, 4) is 11.1 Å². The van der Waals surface area contributed by atoms with Crippen LogP contribution < -0.4 is 5.32 Å². The number of halogens is 1. The monoisotopic (exact) mass is 455 g/mol. The van der Waals surface area contributed by atoms with Crippen LogP contribution >= 0.6 is 39.0 Å². The lowest BCUT2D eigenvalue weighted by Gasteiger charge is -2.10. The third-order valence-corrected chi connectivity index (χ3v) is 6.84. The zero-order chi connectivity index (χ0) is 18.8. The number of thiophene rings is 1. The number of hydrogen-bond donors (Lipinski definition) is 1. The molecule has 2 aromatic heterocycles. The van der Waals surface area contributed by atoms with Crippen molar-refractivity contribution >= 4 is 60.8 Å². The molecular weight excluding hydrogens is 438 g/mol. The van der Waals surface area contributed by atoms with Crippen molar-refractivity contribution < 1.29 is 0 Å². The molecule has 2 heterocycles. The molecule has 0 aliphatic carbocycles. The smallest absolute Gasteiger partial charge is 0.143 e. The molecule has 0 saturated carbocycles. The van der Waals surface area contributed by atoms with Gasteiger partial charge in [-0.05, 0) is 48.6 Å². The Morgan fingerprint density at radius 3 is 2.67 bits per heavy atom. The molecular formula is C21H18BrN3S2. The van der Waals surface area contributed by atoms with Gasteiger partial charge in [-0.25, -0.2) is 9.97 Å². The van der Waals surface area contributed by atoms with Crippen LogP contribution in [-0.4, -0.2) is 16.2 Å². The summed E-state index contributed by atoms with van der Waals surface area (Å²) in [5.74, 6) is 0.854. The second-order valence-corrected chi connectivity index (χ2v) is 8.90. The summed E-state index contributed by atoms with van der Waals surface area (Å²) < 4.78 is 1.08. The molecule has 3 nitrogen and oxygen atoms in total. The van der Waals surface area contributed by atoms with E-state index in [9.17, 15) is 0 Å². The van der Waals surface area contributed by atoms with Gasteiger partial charge in [0.25, 0.3) is 0 Å². The Labute approximate surface area is 175 Å². The molecule has 6 heteroatoms. The lowest BCUT2D eigenvalue weighted by atomic mass is 10.0. The fourth-order valence-electron chi connectivity index (χ4n) is 3.08. The highest BCUT2D eigenvalue weighted by Gasteiger charge is 2.18. The molecule has 136 valence electrons.